The molecule has 0 unspecified atom stereocenters. The molecule has 7 atom stereocenters. The zero-order chi connectivity index (χ0) is 30.7. The number of hydrogen-bond donors (Lipinski definition) is 2. The molecule has 8 nitrogen and oxygen atoms in total. The van der Waals surface area contributed by atoms with Crippen molar-refractivity contribution in [3.8, 4) is 0 Å². The zero-order valence-electron chi connectivity index (χ0n) is 26.2. The van der Waals surface area contributed by atoms with Gasteiger partial charge in [0.25, 0.3) is 0 Å². The van der Waals surface area contributed by atoms with E-state index in [4.69, 9.17) is 6.57 Å². The second-order valence-electron chi connectivity index (χ2n) is 15.8. The first kappa shape index (κ1) is 29.6. The Hall–Kier alpha value is -2.47. The minimum atomic E-state index is -3.52. The van der Waals surface area contributed by atoms with Crippen LogP contribution in [0.1, 0.15) is 92.4 Å². The molecule has 0 heterocycles. The molecule has 2 N–H and O–H groups in total. The molecule has 0 bridgehead atoms. The number of sulfonamides is 1. The Kier molecular flexibility index (Phi) is 6.20. The van der Waals surface area contributed by atoms with Crippen LogP contribution in [0.25, 0.3) is 4.85 Å². The molecule has 1 spiro atoms. The van der Waals surface area contributed by atoms with Crippen molar-refractivity contribution >= 4 is 27.5 Å². The Bertz CT molecular complexity index is 1510. The topological polar surface area (TPSA) is 109 Å². The molecule has 6 aliphatic carbocycles. The van der Waals surface area contributed by atoms with Crippen LogP contribution in [-0.2, 0) is 19.6 Å². The molecule has 6 aliphatic rings. The van der Waals surface area contributed by atoms with Crippen LogP contribution in [0.4, 0.5) is 0 Å². The smallest absolute Gasteiger partial charge is 0.232 e. The van der Waals surface area contributed by atoms with Crippen LogP contribution in [0.15, 0.2) is 28.4 Å². The summed E-state index contributed by atoms with van der Waals surface area (Å²) in [5, 5.41) is 3.59. The second-order valence-corrected chi connectivity index (χ2v) is 17.5. The first-order valence-corrected chi connectivity index (χ1v) is 17.4. The molecule has 0 aromatic rings. The Labute approximate surface area is 251 Å². The number of hydrogen-bond acceptors (Lipinski definition) is 5. The zero-order valence-corrected chi connectivity index (χ0v) is 27.0. The highest BCUT2D eigenvalue weighted by molar-refractivity contribution is 7.89. The number of carbonyl (C=O) groups is 2. The lowest BCUT2D eigenvalue weighted by Gasteiger charge is -2.69. The van der Waals surface area contributed by atoms with E-state index in [9.17, 15) is 18.0 Å². The first-order valence-electron chi connectivity index (χ1n) is 15.5. The standard InChI is InChI=1S/C33H46N4O4S/c1-28(2)23-9-10-30(4)24(29(23,3)19-21(34-6)26(28)39)17-22(38)25-20-18-32(12-13-32)14-16-33(20,15-11-31(25,30)5)36-27(35-7)37-42(8,40)41/h17,19-20,23,25H,9-16,18H2,1-5,7-8H3,(H2,35,36,37)/t20-,23-,25-,29-,30+,31+,33+/m0/s1. The van der Waals surface area contributed by atoms with Crippen LogP contribution >= 0.6 is 0 Å². The largest absolute Gasteiger partial charge is 0.350 e. The lowest BCUT2D eigenvalue weighted by molar-refractivity contribution is -0.158. The predicted molar refractivity (Wildman–Crippen MR) is 163 cm³/mol. The van der Waals surface area contributed by atoms with E-state index in [-0.39, 0.29) is 57.2 Å². The third-order valence-corrected chi connectivity index (χ3v) is 14.0. The number of nitrogens with one attached hydrogen (secondary N) is 2. The van der Waals surface area contributed by atoms with Crippen LogP contribution < -0.4 is 10.0 Å². The van der Waals surface area contributed by atoms with Gasteiger partial charge >= 0.3 is 0 Å². The lowest BCUT2D eigenvalue weighted by atomic mass is 9.35. The SMILES string of the molecule is [C-]#[N+]C1=C[C@]2(C)C3=CC(=O)[C@@H]4[C@@H]5CC6(CC6)CC[C@]5(NC(=NC)NS(C)(=O)=O)CC[C@@]4(C)[C@]3(C)CC[C@H]2C(C)(C)C1=O. The third-order valence-electron chi connectivity index (χ3n) is 13.4. The third kappa shape index (κ3) is 3.89. The summed E-state index contributed by atoms with van der Waals surface area (Å²) in [6, 6.07) is 0. The van der Waals surface area contributed by atoms with E-state index in [1.165, 1.54) is 12.8 Å². The number of Topliss-reactive ketones (excluding diaryl/α,β-unsaturated/α-hetero) is 1. The molecule has 42 heavy (non-hydrogen) atoms. The van der Waals surface area contributed by atoms with Crippen molar-refractivity contribution in [2.24, 2.45) is 49.8 Å². The van der Waals surface area contributed by atoms with Crippen molar-refractivity contribution in [1.29, 1.82) is 0 Å². The molecule has 0 amide bonds. The number of guanidine groups is 1. The van der Waals surface area contributed by atoms with Crippen molar-refractivity contribution in [3.05, 3.63) is 34.8 Å². The molecule has 228 valence electrons. The summed E-state index contributed by atoms with van der Waals surface area (Å²) < 4.78 is 26.9. The van der Waals surface area contributed by atoms with Gasteiger partial charge < -0.3 is 10.1 Å². The fraction of sp³-hybridized carbons (Fsp3) is 0.758. The molecule has 0 aliphatic heterocycles. The molecule has 9 heteroatoms. The molecule has 0 aromatic carbocycles. The van der Waals surface area contributed by atoms with E-state index in [0.717, 1.165) is 56.8 Å². The number of nitrogens with zero attached hydrogens (tertiary/aromatic N) is 2. The first-order chi connectivity index (χ1) is 19.4. The van der Waals surface area contributed by atoms with Crippen molar-refractivity contribution < 1.29 is 18.0 Å². The molecule has 0 radical (unpaired) electrons. The quantitative estimate of drug-likeness (QED) is 0.260. The summed E-state index contributed by atoms with van der Waals surface area (Å²) in [6.07, 6.45) is 13.7. The molecule has 4 saturated carbocycles. The van der Waals surface area contributed by atoms with E-state index in [1.54, 1.807) is 7.05 Å². The van der Waals surface area contributed by atoms with E-state index < -0.39 is 26.4 Å². The number of allylic oxidation sites excluding steroid dienone is 4. The average Bonchev–Trinajstić information content (AvgIpc) is 3.66. The molecular formula is C33H46N4O4S. The number of carbonyl (C=O) groups excluding carboxylic acids is 2. The van der Waals surface area contributed by atoms with Crippen LogP contribution in [-0.4, -0.2) is 44.8 Å². The van der Waals surface area contributed by atoms with Crippen molar-refractivity contribution in [2.45, 2.75) is 97.9 Å². The number of rotatable bonds is 2. The highest BCUT2D eigenvalue weighted by Gasteiger charge is 2.71. The van der Waals surface area contributed by atoms with Crippen LogP contribution in [0.3, 0.4) is 0 Å². The van der Waals surface area contributed by atoms with E-state index in [0.29, 0.717) is 0 Å². The summed E-state index contributed by atoms with van der Waals surface area (Å²) >= 11 is 0. The van der Waals surface area contributed by atoms with E-state index in [2.05, 4.69) is 40.6 Å². The number of aliphatic imine (C=N–C) groups is 1. The summed E-state index contributed by atoms with van der Waals surface area (Å²) in [5.41, 5.74) is -0.640. The monoisotopic (exact) mass is 594 g/mol. The minimum absolute atomic E-state index is 0.0226. The predicted octanol–water partition coefficient (Wildman–Crippen LogP) is 5.19. The molecular weight excluding hydrogens is 548 g/mol. The van der Waals surface area contributed by atoms with Gasteiger partial charge in [-0.05, 0) is 91.9 Å². The van der Waals surface area contributed by atoms with E-state index >= 15 is 0 Å². The van der Waals surface area contributed by atoms with E-state index in [1.807, 2.05) is 26.0 Å². The number of fused-ring (bicyclic) bond motifs is 7. The maximum Gasteiger partial charge on any atom is 0.232 e. The molecule has 6 rings (SSSR count). The maximum atomic E-state index is 14.6. The number of ketones is 2. The fourth-order valence-electron chi connectivity index (χ4n) is 10.8. The Morgan fingerprint density at radius 2 is 1.67 bits per heavy atom. The van der Waals surface area contributed by atoms with Crippen LogP contribution in [0.5, 0.6) is 0 Å². The van der Waals surface area contributed by atoms with Crippen LogP contribution in [0.2, 0.25) is 0 Å². The van der Waals surface area contributed by atoms with Gasteiger partial charge in [0.15, 0.2) is 11.6 Å². The second kappa shape index (κ2) is 8.80. The summed E-state index contributed by atoms with van der Waals surface area (Å²) in [7, 11) is -1.93. The van der Waals surface area contributed by atoms with Gasteiger partial charge in [0.2, 0.25) is 21.7 Å². The van der Waals surface area contributed by atoms with Gasteiger partial charge in [0, 0.05) is 29.3 Å². The molecule has 0 saturated heterocycles. The van der Waals surface area contributed by atoms with Crippen molar-refractivity contribution in [2.75, 3.05) is 13.3 Å². The minimum Gasteiger partial charge on any atom is -0.350 e. The maximum absolute atomic E-state index is 14.6. The van der Waals surface area contributed by atoms with Gasteiger partial charge in [-0.3, -0.25) is 14.5 Å². The van der Waals surface area contributed by atoms with Crippen LogP contribution in [0, 0.1) is 51.4 Å². The lowest BCUT2D eigenvalue weighted by Crippen LogP contribution is -2.70. The van der Waals surface area contributed by atoms with Gasteiger partial charge in [0.1, 0.15) is 0 Å². The molecule has 4 fully saturated rings. The van der Waals surface area contributed by atoms with Crippen molar-refractivity contribution in [3.63, 3.8) is 0 Å². The summed E-state index contributed by atoms with van der Waals surface area (Å²) in [6.45, 7) is 18.6. The highest BCUT2D eigenvalue weighted by Crippen LogP contribution is 2.74. The van der Waals surface area contributed by atoms with Crippen molar-refractivity contribution in [1.82, 2.24) is 10.0 Å². The Morgan fingerprint density at radius 1 is 1.02 bits per heavy atom. The summed E-state index contributed by atoms with van der Waals surface area (Å²) in [4.78, 5) is 35.9. The molecule has 0 aromatic heterocycles. The van der Waals surface area contributed by atoms with Gasteiger partial charge in [-0.2, -0.15) is 0 Å². The Balaban J connectivity index is 1.47. The summed E-state index contributed by atoms with van der Waals surface area (Å²) in [5.74, 6) is 0.189. The fourth-order valence-corrected chi connectivity index (χ4v) is 11.3. The van der Waals surface area contributed by atoms with Gasteiger partial charge in [-0.15, -0.1) is 0 Å². The highest BCUT2D eigenvalue weighted by atomic mass is 32.2. The van der Waals surface area contributed by atoms with Gasteiger partial charge in [-0.1, -0.05) is 46.3 Å². The normalized spacial score (nSPS) is 43.5. The Morgan fingerprint density at radius 3 is 2.26 bits per heavy atom. The average molecular weight is 595 g/mol. The van der Waals surface area contributed by atoms with Gasteiger partial charge in [-0.25, -0.2) is 13.3 Å². The van der Waals surface area contributed by atoms with Gasteiger partial charge in [0.05, 0.1) is 12.8 Å².